The summed E-state index contributed by atoms with van der Waals surface area (Å²) in [5.74, 6) is 2.65. The van der Waals surface area contributed by atoms with Gasteiger partial charge in [-0.3, -0.25) is 0 Å². The van der Waals surface area contributed by atoms with Gasteiger partial charge in [0.25, 0.3) is 0 Å². The maximum Gasteiger partial charge on any atom is 0.132 e. The summed E-state index contributed by atoms with van der Waals surface area (Å²) in [5, 5.41) is 0. The van der Waals surface area contributed by atoms with Gasteiger partial charge in [-0.25, -0.2) is 0 Å². The molecule has 0 aliphatic heterocycles. The fourth-order valence-corrected chi connectivity index (χ4v) is 3.17. The van der Waals surface area contributed by atoms with Crippen LogP contribution >= 0.6 is 27.7 Å². The molecule has 0 heterocycles. The smallest absolute Gasteiger partial charge is 0.132 e. The molecule has 2 nitrogen and oxygen atoms in total. The highest BCUT2D eigenvalue weighted by atomic mass is 79.9. The van der Waals surface area contributed by atoms with Crippen molar-refractivity contribution >= 4 is 27.7 Å². The van der Waals surface area contributed by atoms with Crippen LogP contribution in [0.1, 0.15) is 5.56 Å². The van der Waals surface area contributed by atoms with Gasteiger partial charge in [0.1, 0.15) is 11.5 Å². The van der Waals surface area contributed by atoms with Crippen molar-refractivity contribution in [2.45, 2.75) is 10.6 Å². The van der Waals surface area contributed by atoms with Crippen molar-refractivity contribution in [3.05, 3.63) is 52.5 Å². The first-order valence-electron chi connectivity index (χ1n) is 5.83. The first kappa shape index (κ1) is 14.3. The fraction of sp³-hybridized carbons (Fsp3) is 0.200. The Morgan fingerprint density at radius 3 is 2.47 bits per heavy atom. The van der Waals surface area contributed by atoms with Crippen molar-refractivity contribution in [2.75, 3.05) is 14.2 Å². The Bertz CT molecular complexity index is 558. The maximum absolute atomic E-state index is 5.38. The van der Waals surface area contributed by atoms with Gasteiger partial charge in [0.15, 0.2) is 0 Å². The molecule has 0 saturated carbocycles. The standard InChI is InChI=1S/C15H15BrO2S/c1-17-13-8-7-12(16)9-11(13)10-19-15-6-4-3-5-14(15)18-2/h3-9H,10H2,1-2H3. The minimum Gasteiger partial charge on any atom is -0.496 e. The molecular formula is C15H15BrO2S. The first-order valence-corrected chi connectivity index (χ1v) is 7.60. The summed E-state index contributed by atoms with van der Waals surface area (Å²) in [6.45, 7) is 0. The first-order chi connectivity index (χ1) is 9.24. The van der Waals surface area contributed by atoms with Gasteiger partial charge in [-0.05, 0) is 30.3 Å². The highest BCUT2D eigenvalue weighted by Crippen LogP contribution is 2.34. The Balaban J connectivity index is 2.16. The summed E-state index contributed by atoms with van der Waals surface area (Å²) in [7, 11) is 3.39. The van der Waals surface area contributed by atoms with Gasteiger partial charge < -0.3 is 9.47 Å². The minimum atomic E-state index is 0.836. The zero-order valence-electron chi connectivity index (χ0n) is 10.9. The van der Waals surface area contributed by atoms with Crippen molar-refractivity contribution in [3.8, 4) is 11.5 Å². The highest BCUT2D eigenvalue weighted by molar-refractivity contribution is 9.10. The van der Waals surface area contributed by atoms with Crippen LogP contribution in [-0.4, -0.2) is 14.2 Å². The lowest BCUT2D eigenvalue weighted by Gasteiger charge is -2.10. The van der Waals surface area contributed by atoms with E-state index in [1.54, 1.807) is 26.0 Å². The molecule has 0 saturated heterocycles. The van der Waals surface area contributed by atoms with E-state index in [2.05, 4.69) is 28.1 Å². The third kappa shape index (κ3) is 3.67. The van der Waals surface area contributed by atoms with E-state index in [0.717, 1.165) is 32.2 Å². The molecule has 0 N–H and O–H groups in total. The quantitative estimate of drug-likeness (QED) is 0.732. The van der Waals surface area contributed by atoms with Crippen LogP contribution in [0.5, 0.6) is 11.5 Å². The summed E-state index contributed by atoms with van der Waals surface area (Å²) in [5.41, 5.74) is 1.16. The topological polar surface area (TPSA) is 18.5 Å². The second-order valence-electron chi connectivity index (χ2n) is 3.90. The molecule has 0 aromatic heterocycles. The van der Waals surface area contributed by atoms with Gasteiger partial charge in [-0.15, -0.1) is 11.8 Å². The van der Waals surface area contributed by atoms with E-state index in [-0.39, 0.29) is 0 Å². The van der Waals surface area contributed by atoms with Gasteiger partial charge in [-0.1, -0.05) is 28.1 Å². The molecule has 19 heavy (non-hydrogen) atoms. The van der Waals surface area contributed by atoms with Crippen LogP contribution in [-0.2, 0) is 5.75 Å². The van der Waals surface area contributed by atoms with Gasteiger partial charge >= 0.3 is 0 Å². The number of hydrogen-bond acceptors (Lipinski definition) is 3. The maximum atomic E-state index is 5.38. The zero-order valence-corrected chi connectivity index (χ0v) is 13.3. The van der Waals surface area contributed by atoms with Gasteiger partial charge in [-0.2, -0.15) is 0 Å². The van der Waals surface area contributed by atoms with Crippen LogP contribution in [0.4, 0.5) is 0 Å². The van der Waals surface area contributed by atoms with E-state index in [4.69, 9.17) is 9.47 Å². The molecule has 0 bridgehead atoms. The molecule has 0 fully saturated rings. The van der Waals surface area contributed by atoms with Crippen LogP contribution < -0.4 is 9.47 Å². The molecule has 0 spiro atoms. The van der Waals surface area contributed by atoms with Crippen LogP contribution in [0.25, 0.3) is 0 Å². The molecule has 0 aliphatic rings. The average molecular weight is 339 g/mol. The van der Waals surface area contributed by atoms with E-state index in [9.17, 15) is 0 Å². The zero-order chi connectivity index (χ0) is 13.7. The molecule has 2 rings (SSSR count). The Hall–Kier alpha value is -1.13. The normalized spacial score (nSPS) is 10.3. The highest BCUT2D eigenvalue weighted by Gasteiger charge is 2.07. The average Bonchev–Trinajstić information content (AvgIpc) is 2.45. The van der Waals surface area contributed by atoms with Gasteiger partial charge in [0.2, 0.25) is 0 Å². The van der Waals surface area contributed by atoms with E-state index >= 15 is 0 Å². The number of ether oxygens (including phenoxy) is 2. The molecular weight excluding hydrogens is 324 g/mol. The van der Waals surface area contributed by atoms with Crippen molar-refractivity contribution in [1.82, 2.24) is 0 Å². The van der Waals surface area contributed by atoms with Gasteiger partial charge in [0.05, 0.1) is 14.2 Å². The second-order valence-corrected chi connectivity index (χ2v) is 5.83. The van der Waals surface area contributed by atoms with Crippen LogP contribution in [0, 0.1) is 0 Å². The fourth-order valence-electron chi connectivity index (χ4n) is 1.75. The number of hydrogen-bond donors (Lipinski definition) is 0. The molecule has 100 valence electrons. The van der Waals surface area contributed by atoms with E-state index < -0.39 is 0 Å². The predicted octanol–water partition coefficient (Wildman–Crippen LogP) is 4.76. The number of thioether (sulfide) groups is 1. The molecule has 0 atom stereocenters. The number of methoxy groups -OCH3 is 2. The molecule has 0 aliphatic carbocycles. The molecule has 2 aromatic carbocycles. The summed E-state index contributed by atoms with van der Waals surface area (Å²) < 4.78 is 11.8. The Morgan fingerprint density at radius 1 is 1.00 bits per heavy atom. The summed E-state index contributed by atoms with van der Waals surface area (Å²) >= 11 is 5.23. The number of benzene rings is 2. The Labute approximate surface area is 126 Å². The Kier molecular flexibility index (Phi) is 5.16. The molecule has 0 unspecified atom stereocenters. The largest absolute Gasteiger partial charge is 0.496 e. The summed E-state index contributed by atoms with van der Waals surface area (Å²) in [4.78, 5) is 1.13. The number of para-hydroxylation sites is 1. The third-order valence-electron chi connectivity index (χ3n) is 2.69. The monoisotopic (exact) mass is 338 g/mol. The van der Waals surface area contributed by atoms with Crippen molar-refractivity contribution in [3.63, 3.8) is 0 Å². The van der Waals surface area contributed by atoms with E-state index in [0.29, 0.717) is 0 Å². The van der Waals surface area contributed by atoms with Crippen molar-refractivity contribution in [2.24, 2.45) is 0 Å². The van der Waals surface area contributed by atoms with Crippen LogP contribution in [0.15, 0.2) is 51.8 Å². The minimum absolute atomic E-state index is 0.836. The van der Waals surface area contributed by atoms with Gasteiger partial charge in [0, 0.05) is 20.7 Å². The lowest BCUT2D eigenvalue weighted by atomic mass is 10.2. The molecule has 2 aromatic rings. The predicted molar refractivity (Wildman–Crippen MR) is 83.2 cm³/mol. The lowest BCUT2D eigenvalue weighted by Crippen LogP contribution is -1.91. The number of halogens is 1. The lowest BCUT2D eigenvalue weighted by molar-refractivity contribution is 0.404. The van der Waals surface area contributed by atoms with Crippen molar-refractivity contribution < 1.29 is 9.47 Å². The summed E-state index contributed by atoms with van der Waals surface area (Å²) in [6.07, 6.45) is 0. The SMILES string of the molecule is COc1ccc(Br)cc1CSc1ccccc1OC. The molecule has 4 heteroatoms. The van der Waals surface area contributed by atoms with Crippen LogP contribution in [0.2, 0.25) is 0 Å². The second kappa shape index (κ2) is 6.87. The summed E-state index contributed by atoms with van der Waals surface area (Å²) in [6, 6.07) is 14.1. The molecule has 0 radical (unpaired) electrons. The van der Waals surface area contributed by atoms with Crippen molar-refractivity contribution in [1.29, 1.82) is 0 Å². The Morgan fingerprint density at radius 2 is 1.74 bits per heavy atom. The third-order valence-corrected chi connectivity index (χ3v) is 4.29. The van der Waals surface area contributed by atoms with E-state index in [1.165, 1.54) is 0 Å². The molecule has 0 amide bonds. The van der Waals surface area contributed by atoms with E-state index in [1.807, 2.05) is 30.3 Å². The van der Waals surface area contributed by atoms with Crippen LogP contribution in [0.3, 0.4) is 0 Å². The number of rotatable bonds is 5.